The van der Waals surface area contributed by atoms with Gasteiger partial charge in [0, 0.05) is 4.47 Å². The first-order valence-corrected chi connectivity index (χ1v) is 6.74. The summed E-state index contributed by atoms with van der Waals surface area (Å²) in [5, 5.41) is 0.0299. The van der Waals surface area contributed by atoms with Crippen LogP contribution in [-0.2, 0) is 0 Å². The fourth-order valence-corrected chi connectivity index (χ4v) is 1.73. The third-order valence-corrected chi connectivity index (χ3v) is 3.24. The summed E-state index contributed by atoms with van der Waals surface area (Å²) < 4.78 is 11.7. The number of halogens is 2. The molecule has 0 saturated carbocycles. The quantitative estimate of drug-likeness (QED) is 0.844. The molecule has 0 radical (unpaired) electrons. The third-order valence-electron chi connectivity index (χ3n) is 2.18. The van der Waals surface area contributed by atoms with Crippen LogP contribution in [0.4, 0.5) is 0 Å². The Labute approximate surface area is 124 Å². The summed E-state index contributed by atoms with van der Waals surface area (Å²) in [4.78, 5) is 11.7. The number of aromatic nitrogens is 3. The Morgan fingerprint density at radius 2 is 1.95 bits per heavy atom. The first-order valence-electron chi connectivity index (χ1n) is 5.57. The van der Waals surface area contributed by atoms with Crippen molar-refractivity contribution in [3.8, 4) is 17.8 Å². The average molecular weight is 345 g/mol. The van der Waals surface area contributed by atoms with Crippen molar-refractivity contribution in [2.24, 2.45) is 0 Å². The minimum absolute atomic E-state index is 0.0299. The second-order valence-corrected chi connectivity index (χ2v) is 4.81. The van der Waals surface area contributed by atoms with Crippen molar-refractivity contribution < 1.29 is 9.47 Å². The smallest absolute Gasteiger partial charge is 0.329 e. The lowest BCUT2D eigenvalue weighted by Crippen LogP contribution is -2.01. The molecular formula is C12H11BrClN3O2. The first-order chi connectivity index (χ1) is 9.08. The minimum atomic E-state index is 0.0299. The number of ether oxygens (including phenoxy) is 2. The zero-order chi connectivity index (χ0) is 13.8. The lowest BCUT2D eigenvalue weighted by molar-refractivity contribution is 0.303. The molecule has 0 N–H and O–H groups in total. The summed E-state index contributed by atoms with van der Waals surface area (Å²) >= 11 is 9.20. The van der Waals surface area contributed by atoms with Crippen LogP contribution in [0.5, 0.6) is 17.8 Å². The molecule has 5 nitrogen and oxygen atoms in total. The fourth-order valence-electron chi connectivity index (χ4n) is 1.34. The number of aryl methyl sites for hydroxylation is 1. The van der Waals surface area contributed by atoms with Crippen LogP contribution in [0.3, 0.4) is 0 Å². The van der Waals surface area contributed by atoms with E-state index >= 15 is 0 Å². The van der Waals surface area contributed by atoms with Crippen LogP contribution in [0.25, 0.3) is 0 Å². The lowest BCUT2D eigenvalue weighted by atomic mass is 10.2. The van der Waals surface area contributed by atoms with Gasteiger partial charge < -0.3 is 9.47 Å². The van der Waals surface area contributed by atoms with Crippen LogP contribution >= 0.6 is 27.5 Å². The van der Waals surface area contributed by atoms with E-state index in [9.17, 15) is 0 Å². The molecule has 0 atom stereocenters. The molecule has 0 amide bonds. The molecule has 0 bridgehead atoms. The van der Waals surface area contributed by atoms with Crippen molar-refractivity contribution in [1.82, 2.24) is 15.0 Å². The van der Waals surface area contributed by atoms with Crippen LogP contribution in [0.2, 0.25) is 5.28 Å². The largest absolute Gasteiger partial charge is 0.464 e. The standard InChI is InChI=1S/C12H11BrClN3O2/c1-3-18-11-15-10(14)16-12(17-11)19-8-4-5-9(13)7(2)6-8/h4-6H,3H2,1-2H3. The van der Waals surface area contributed by atoms with Crippen molar-refractivity contribution in [1.29, 1.82) is 0 Å². The molecule has 100 valence electrons. The third kappa shape index (κ3) is 3.78. The Balaban J connectivity index is 2.24. The van der Waals surface area contributed by atoms with Gasteiger partial charge in [0.05, 0.1) is 6.61 Å². The van der Waals surface area contributed by atoms with Gasteiger partial charge in [0.1, 0.15) is 5.75 Å². The molecule has 0 fully saturated rings. The molecule has 19 heavy (non-hydrogen) atoms. The Kier molecular flexibility index (Phi) is 4.55. The highest BCUT2D eigenvalue weighted by atomic mass is 79.9. The van der Waals surface area contributed by atoms with Crippen LogP contribution in [0, 0.1) is 6.92 Å². The molecule has 0 saturated heterocycles. The normalized spacial score (nSPS) is 10.3. The van der Waals surface area contributed by atoms with Crippen LogP contribution < -0.4 is 9.47 Å². The zero-order valence-electron chi connectivity index (χ0n) is 10.4. The number of rotatable bonds is 4. The predicted octanol–water partition coefficient (Wildman–Crippen LogP) is 3.79. The molecule has 1 aromatic heterocycles. The van der Waals surface area contributed by atoms with Gasteiger partial charge in [-0.3, -0.25) is 0 Å². The molecule has 2 rings (SSSR count). The van der Waals surface area contributed by atoms with Crippen LogP contribution in [0.15, 0.2) is 22.7 Å². The molecule has 1 heterocycles. The van der Waals surface area contributed by atoms with Crippen LogP contribution in [-0.4, -0.2) is 21.6 Å². The minimum Gasteiger partial charge on any atom is -0.464 e. The van der Waals surface area contributed by atoms with Gasteiger partial charge in [0.25, 0.3) is 0 Å². The Bertz CT molecular complexity index is 595. The highest BCUT2D eigenvalue weighted by Crippen LogP contribution is 2.25. The monoisotopic (exact) mass is 343 g/mol. The summed E-state index contributed by atoms with van der Waals surface area (Å²) in [7, 11) is 0. The fraction of sp³-hybridized carbons (Fsp3) is 0.250. The highest BCUT2D eigenvalue weighted by Gasteiger charge is 2.08. The summed E-state index contributed by atoms with van der Waals surface area (Å²) in [6, 6.07) is 5.80. The number of benzene rings is 1. The molecule has 1 aromatic carbocycles. The van der Waals surface area contributed by atoms with Gasteiger partial charge in [-0.05, 0) is 49.2 Å². The van der Waals surface area contributed by atoms with E-state index < -0.39 is 0 Å². The predicted molar refractivity (Wildman–Crippen MR) is 75.0 cm³/mol. The average Bonchev–Trinajstić information content (AvgIpc) is 2.33. The lowest BCUT2D eigenvalue weighted by Gasteiger charge is -2.07. The number of nitrogens with zero attached hydrogens (tertiary/aromatic N) is 3. The second-order valence-electron chi connectivity index (χ2n) is 3.62. The zero-order valence-corrected chi connectivity index (χ0v) is 12.7. The van der Waals surface area contributed by atoms with E-state index in [0.29, 0.717) is 12.4 Å². The molecule has 0 aliphatic rings. The van der Waals surface area contributed by atoms with E-state index in [-0.39, 0.29) is 17.3 Å². The van der Waals surface area contributed by atoms with Crippen molar-refractivity contribution in [3.63, 3.8) is 0 Å². The maximum absolute atomic E-state index is 5.78. The number of hydrogen-bond acceptors (Lipinski definition) is 5. The Morgan fingerprint density at radius 1 is 1.21 bits per heavy atom. The SMILES string of the molecule is CCOc1nc(Cl)nc(Oc2ccc(Br)c(C)c2)n1. The van der Waals surface area contributed by atoms with E-state index in [2.05, 4.69) is 30.9 Å². The second kappa shape index (κ2) is 6.16. The Morgan fingerprint density at radius 3 is 2.63 bits per heavy atom. The topological polar surface area (TPSA) is 57.1 Å². The van der Waals surface area contributed by atoms with Crippen molar-refractivity contribution >= 4 is 27.5 Å². The van der Waals surface area contributed by atoms with Crippen molar-refractivity contribution in [3.05, 3.63) is 33.5 Å². The van der Waals surface area contributed by atoms with Gasteiger partial charge in [-0.15, -0.1) is 4.98 Å². The summed E-state index contributed by atoms with van der Waals surface area (Å²) in [5.41, 5.74) is 1.04. The Hall–Kier alpha value is -1.40. The summed E-state index contributed by atoms with van der Waals surface area (Å²) in [6.45, 7) is 4.23. The highest BCUT2D eigenvalue weighted by molar-refractivity contribution is 9.10. The van der Waals surface area contributed by atoms with E-state index in [1.165, 1.54) is 0 Å². The summed E-state index contributed by atoms with van der Waals surface area (Å²) in [5.74, 6) is 0.616. The molecular weight excluding hydrogens is 334 g/mol. The molecule has 0 unspecified atom stereocenters. The maximum Gasteiger partial charge on any atom is 0.329 e. The van der Waals surface area contributed by atoms with Gasteiger partial charge in [-0.2, -0.15) is 9.97 Å². The van der Waals surface area contributed by atoms with E-state index in [1.54, 1.807) is 6.07 Å². The van der Waals surface area contributed by atoms with Gasteiger partial charge in [0.2, 0.25) is 5.28 Å². The van der Waals surface area contributed by atoms with Gasteiger partial charge in [0.15, 0.2) is 0 Å². The van der Waals surface area contributed by atoms with Gasteiger partial charge in [-0.1, -0.05) is 15.9 Å². The maximum atomic E-state index is 5.78. The molecule has 0 spiro atoms. The van der Waals surface area contributed by atoms with E-state index in [4.69, 9.17) is 21.1 Å². The summed E-state index contributed by atoms with van der Waals surface area (Å²) in [6.07, 6.45) is 0. The molecule has 0 aliphatic carbocycles. The molecule has 2 aromatic rings. The van der Waals surface area contributed by atoms with E-state index in [0.717, 1.165) is 10.0 Å². The van der Waals surface area contributed by atoms with Crippen LogP contribution in [0.1, 0.15) is 12.5 Å². The van der Waals surface area contributed by atoms with Gasteiger partial charge >= 0.3 is 12.0 Å². The van der Waals surface area contributed by atoms with Crippen molar-refractivity contribution in [2.45, 2.75) is 13.8 Å². The van der Waals surface area contributed by atoms with Gasteiger partial charge in [-0.25, -0.2) is 0 Å². The molecule has 7 heteroatoms. The number of hydrogen-bond donors (Lipinski definition) is 0. The van der Waals surface area contributed by atoms with E-state index in [1.807, 2.05) is 26.0 Å². The molecule has 0 aliphatic heterocycles. The van der Waals surface area contributed by atoms with Crippen molar-refractivity contribution in [2.75, 3.05) is 6.61 Å². The first kappa shape index (κ1) is 14.0.